The Morgan fingerprint density at radius 3 is 2.40 bits per heavy atom. The van der Waals surface area contributed by atoms with Crippen LogP contribution in [-0.4, -0.2) is 16.8 Å². The Balaban J connectivity index is 1.92. The molecule has 3 rings (SSSR count). The minimum absolute atomic E-state index is 0.0336. The minimum atomic E-state index is -0.357. The van der Waals surface area contributed by atoms with Crippen LogP contribution in [-0.2, 0) is 0 Å². The zero-order valence-corrected chi connectivity index (χ0v) is 14.4. The summed E-state index contributed by atoms with van der Waals surface area (Å²) in [5, 5.41) is 7.25. The Kier molecular flexibility index (Phi) is 4.67. The topological polar surface area (TPSA) is 72.2 Å². The molecule has 1 N–H and O–H groups in total. The first-order valence-corrected chi connectivity index (χ1v) is 7.98. The van der Waals surface area contributed by atoms with Crippen LogP contribution in [0.1, 0.15) is 33.4 Å². The molecule has 6 heteroatoms. The number of carbonyl (C=O) groups is 2. The highest BCUT2D eigenvalue weighted by Crippen LogP contribution is 2.31. The van der Waals surface area contributed by atoms with Gasteiger partial charge < -0.3 is 9.84 Å². The maximum Gasteiger partial charge on any atom is 0.261 e. The van der Waals surface area contributed by atoms with Gasteiger partial charge in [-0.2, -0.15) is 0 Å². The number of nitrogens with zero attached hydrogens (tertiary/aromatic N) is 1. The van der Waals surface area contributed by atoms with Crippen LogP contribution >= 0.6 is 11.6 Å². The summed E-state index contributed by atoms with van der Waals surface area (Å²) in [5.41, 5.74) is 2.49. The molecule has 126 valence electrons. The van der Waals surface area contributed by atoms with Gasteiger partial charge in [-0.3, -0.25) is 9.59 Å². The third kappa shape index (κ3) is 3.46. The van der Waals surface area contributed by atoms with Gasteiger partial charge in [-0.1, -0.05) is 35.0 Å². The molecule has 25 heavy (non-hydrogen) atoms. The van der Waals surface area contributed by atoms with Crippen LogP contribution in [0.4, 0.5) is 5.69 Å². The van der Waals surface area contributed by atoms with E-state index in [2.05, 4.69) is 10.5 Å². The van der Waals surface area contributed by atoms with Crippen molar-refractivity contribution in [3.8, 4) is 11.3 Å². The van der Waals surface area contributed by atoms with Gasteiger partial charge in [0.15, 0.2) is 5.78 Å². The quantitative estimate of drug-likeness (QED) is 0.686. The lowest BCUT2D eigenvalue weighted by Gasteiger charge is -2.07. The summed E-state index contributed by atoms with van der Waals surface area (Å²) in [5.74, 6) is 0.00535. The molecule has 3 aromatic rings. The molecular formula is C19H15ClN2O3. The lowest BCUT2D eigenvalue weighted by molar-refractivity contribution is 0.101. The van der Waals surface area contributed by atoms with Gasteiger partial charge in [0.1, 0.15) is 17.0 Å². The number of ketones is 1. The maximum atomic E-state index is 12.7. The van der Waals surface area contributed by atoms with E-state index >= 15 is 0 Å². The number of rotatable bonds is 4. The zero-order chi connectivity index (χ0) is 18.0. The number of amides is 1. The van der Waals surface area contributed by atoms with Crippen LogP contribution in [0.5, 0.6) is 0 Å². The molecule has 0 spiro atoms. The second-order valence-electron chi connectivity index (χ2n) is 5.53. The molecule has 2 aromatic carbocycles. The van der Waals surface area contributed by atoms with Crippen LogP contribution in [0.15, 0.2) is 53.1 Å². The molecule has 1 amide bonds. The summed E-state index contributed by atoms with van der Waals surface area (Å²) < 4.78 is 5.20. The van der Waals surface area contributed by atoms with E-state index < -0.39 is 0 Å². The van der Waals surface area contributed by atoms with E-state index in [1.54, 1.807) is 49.4 Å². The van der Waals surface area contributed by atoms with Gasteiger partial charge in [-0.25, -0.2) is 0 Å². The smallest absolute Gasteiger partial charge is 0.261 e. The average Bonchev–Trinajstić information content (AvgIpc) is 2.97. The minimum Gasteiger partial charge on any atom is -0.360 e. The molecule has 0 aliphatic rings. The molecule has 0 saturated carbocycles. The fourth-order valence-corrected chi connectivity index (χ4v) is 2.68. The standard InChI is InChI=1S/C19H15ClN2O3/c1-11(23)13-7-9-14(10-8-13)21-19(24)17-12(2)25-22-18(17)15-5-3-4-6-16(15)20/h3-10H,1-2H3,(H,21,24). The molecule has 0 aliphatic heterocycles. The summed E-state index contributed by atoms with van der Waals surface area (Å²) in [6.45, 7) is 3.16. The summed E-state index contributed by atoms with van der Waals surface area (Å²) in [4.78, 5) is 24.0. The van der Waals surface area contributed by atoms with Crippen molar-refractivity contribution in [3.05, 3.63) is 70.4 Å². The largest absolute Gasteiger partial charge is 0.360 e. The molecule has 1 heterocycles. The van der Waals surface area contributed by atoms with Crippen LogP contribution in [0, 0.1) is 6.92 Å². The Hall–Kier alpha value is -2.92. The Morgan fingerprint density at radius 2 is 1.76 bits per heavy atom. The normalized spacial score (nSPS) is 10.5. The van der Waals surface area contributed by atoms with Gasteiger partial charge in [-0.15, -0.1) is 0 Å². The van der Waals surface area contributed by atoms with Crippen molar-refractivity contribution in [2.45, 2.75) is 13.8 Å². The molecule has 1 aromatic heterocycles. The predicted molar refractivity (Wildman–Crippen MR) is 96.1 cm³/mol. The van der Waals surface area contributed by atoms with Crippen molar-refractivity contribution in [1.82, 2.24) is 5.16 Å². The Bertz CT molecular complexity index is 946. The Morgan fingerprint density at radius 1 is 1.08 bits per heavy atom. The number of anilines is 1. The first-order chi connectivity index (χ1) is 12.0. The van der Waals surface area contributed by atoms with Crippen molar-refractivity contribution in [2.75, 3.05) is 5.32 Å². The number of benzene rings is 2. The average molecular weight is 355 g/mol. The summed E-state index contributed by atoms with van der Waals surface area (Å²) in [6, 6.07) is 13.8. The fraction of sp³-hybridized carbons (Fsp3) is 0.105. The number of carbonyl (C=O) groups excluding carboxylic acids is 2. The number of hydrogen-bond acceptors (Lipinski definition) is 4. The molecule has 0 atom stereocenters. The van der Waals surface area contributed by atoms with Crippen molar-refractivity contribution in [2.24, 2.45) is 0 Å². The van der Waals surface area contributed by atoms with Gasteiger partial charge in [0, 0.05) is 16.8 Å². The van der Waals surface area contributed by atoms with Crippen LogP contribution in [0.25, 0.3) is 11.3 Å². The first-order valence-electron chi connectivity index (χ1n) is 7.61. The number of hydrogen-bond donors (Lipinski definition) is 1. The first kappa shape index (κ1) is 16.9. The van der Waals surface area contributed by atoms with E-state index in [1.807, 2.05) is 6.07 Å². The monoisotopic (exact) mass is 354 g/mol. The highest BCUT2D eigenvalue weighted by Gasteiger charge is 2.23. The van der Waals surface area contributed by atoms with E-state index in [1.165, 1.54) is 6.92 Å². The van der Waals surface area contributed by atoms with Gasteiger partial charge in [0.2, 0.25) is 0 Å². The maximum absolute atomic E-state index is 12.7. The summed E-state index contributed by atoms with van der Waals surface area (Å²) in [7, 11) is 0. The fourth-order valence-electron chi connectivity index (χ4n) is 2.46. The number of Topliss-reactive ketones (excluding diaryl/α,β-unsaturated/α-hetero) is 1. The second kappa shape index (κ2) is 6.91. The molecule has 0 bridgehead atoms. The van der Waals surface area contributed by atoms with Gasteiger partial charge in [0.25, 0.3) is 5.91 Å². The number of halogens is 1. The van der Waals surface area contributed by atoms with Crippen molar-refractivity contribution in [3.63, 3.8) is 0 Å². The molecule has 0 fully saturated rings. The van der Waals surface area contributed by atoms with Crippen LogP contribution in [0.3, 0.4) is 0 Å². The molecule has 0 unspecified atom stereocenters. The van der Waals surface area contributed by atoms with E-state index in [0.717, 1.165) is 0 Å². The molecule has 5 nitrogen and oxygen atoms in total. The van der Waals surface area contributed by atoms with E-state index in [4.69, 9.17) is 16.1 Å². The van der Waals surface area contributed by atoms with Gasteiger partial charge in [0.05, 0.1) is 5.02 Å². The number of nitrogens with one attached hydrogen (secondary N) is 1. The molecule has 0 radical (unpaired) electrons. The van der Waals surface area contributed by atoms with Crippen molar-refractivity contribution < 1.29 is 14.1 Å². The molecule has 0 aliphatic carbocycles. The Labute approximate surface area is 149 Å². The second-order valence-corrected chi connectivity index (χ2v) is 5.94. The number of aryl methyl sites for hydroxylation is 1. The van der Waals surface area contributed by atoms with Crippen LogP contribution < -0.4 is 5.32 Å². The third-order valence-electron chi connectivity index (χ3n) is 3.77. The lowest BCUT2D eigenvalue weighted by atomic mass is 10.1. The SMILES string of the molecule is CC(=O)c1ccc(NC(=O)c2c(-c3ccccc3Cl)noc2C)cc1. The van der Waals surface area contributed by atoms with Gasteiger partial charge in [-0.05, 0) is 44.2 Å². The molecule has 0 saturated heterocycles. The van der Waals surface area contributed by atoms with Crippen molar-refractivity contribution >= 4 is 29.0 Å². The lowest BCUT2D eigenvalue weighted by Crippen LogP contribution is -2.13. The summed E-state index contributed by atoms with van der Waals surface area (Å²) >= 11 is 6.21. The van der Waals surface area contributed by atoms with E-state index in [9.17, 15) is 9.59 Å². The highest BCUT2D eigenvalue weighted by molar-refractivity contribution is 6.33. The predicted octanol–water partition coefficient (Wildman–Crippen LogP) is 4.76. The zero-order valence-electron chi connectivity index (χ0n) is 13.7. The van der Waals surface area contributed by atoms with E-state index in [0.29, 0.717) is 38.9 Å². The third-order valence-corrected chi connectivity index (χ3v) is 4.10. The highest BCUT2D eigenvalue weighted by atomic mass is 35.5. The summed E-state index contributed by atoms with van der Waals surface area (Å²) in [6.07, 6.45) is 0. The van der Waals surface area contributed by atoms with Gasteiger partial charge >= 0.3 is 0 Å². The van der Waals surface area contributed by atoms with Crippen LogP contribution in [0.2, 0.25) is 5.02 Å². The van der Waals surface area contributed by atoms with E-state index in [-0.39, 0.29) is 11.7 Å². The number of aromatic nitrogens is 1. The molecular weight excluding hydrogens is 340 g/mol. The van der Waals surface area contributed by atoms with Crippen molar-refractivity contribution in [1.29, 1.82) is 0 Å².